The molecule has 0 bridgehead atoms. The first-order valence-electron chi connectivity index (χ1n) is 10.9. The van der Waals surface area contributed by atoms with Crippen LogP contribution in [0.4, 0.5) is 0 Å². The molecular formula is C28H24N2O2. The second-order valence-electron chi connectivity index (χ2n) is 8.09. The van der Waals surface area contributed by atoms with Gasteiger partial charge in [0, 0.05) is 5.92 Å². The van der Waals surface area contributed by atoms with Gasteiger partial charge in [-0.3, -0.25) is 4.79 Å². The molecule has 0 heterocycles. The largest absolute Gasteiger partial charge is 0.489 e. The summed E-state index contributed by atoms with van der Waals surface area (Å²) in [7, 11) is 0. The van der Waals surface area contributed by atoms with Gasteiger partial charge in [-0.2, -0.15) is 5.10 Å². The maximum absolute atomic E-state index is 12.4. The average molecular weight is 421 g/mol. The van der Waals surface area contributed by atoms with E-state index in [0.717, 1.165) is 23.3 Å². The van der Waals surface area contributed by atoms with Gasteiger partial charge in [0.15, 0.2) is 0 Å². The maximum atomic E-state index is 12.4. The Morgan fingerprint density at radius 2 is 1.72 bits per heavy atom. The molecule has 4 heteroatoms. The monoisotopic (exact) mass is 420 g/mol. The lowest BCUT2D eigenvalue weighted by Crippen LogP contribution is -2.20. The van der Waals surface area contributed by atoms with Gasteiger partial charge in [-0.05, 0) is 51.9 Å². The lowest BCUT2D eigenvalue weighted by Gasteiger charge is -2.09. The molecule has 0 aliphatic heterocycles. The zero-order chi connectivity index (χ0) is 21.8. The quantitative estimate of drug-likeness (QED) is 0.309. The summed E-state index contributed by atoms with van der Waals surface area (Å²) in [5.41, 5.74) is 5.91. The van der Waals surface area contributed by atoms with Crippen molar-refractivity contribution in [3.8, 4) is 5.75 Å². The Labute approximate surface area is 187 Å². The van der Waals surface area contributed by atoms with Gasteiger partial charge in [0.2, 0.25) is 5.91 Å². The summed E-state index contributed by atoms with van der Waals surface area (Å²) in [6.07, 6.45) is 2.53. The second-order valence-corrected chi connectivity index (χ2v) is 8.09. The number of carbonyl (C=O) groups is 1. The van der Waals surface area contributed by atoms with E-state index < -0.39 is 0 Å². The van der Waals surface area contributed by atoms with E-state index in [4.69, 9.17) is 4.74 Å². The van der Waals surface area contributed by atoms with E-state index in [2.05, 4.69) is 53.0 Å². The van der Waals surface area contributed by atoms with E-state index in [-0.39, 0.29) is 11.8 Å². The van der Waals surface area contributed by atoms with Crippen LogP contribution in [0.15, 0.2) is 102 Å². The summed E-state index contributed by atoms with van der Waals surface area (Å²) < 4.78 is 6.03. The fraction of sp³-hybridized carbons (Fsp3) is 0.143. The Balaban J connectivity index is 1.17. The van der Waals surface area contributed by atoms with Crippen molar-refractivity contribution in [3.05, 3.63) is 114 Å². The topological polar surface area (TPSA) is 50.7 Å². The Hall–Kier alpha value is -3.92. The zero-order valence-electron chi connectivity index (χ0n) is 17.6. The van der Waals surface area contributed by atoms with Gasteiger partial charge in [-0.25, -0.2) is 5.43 Å². The molecule has 0 radical (unpaired) electrons. The molecule has 1 fully saturated rings. The highest BCUT2D eigenvalue weighted by atomic mass is 16.5. The maximum Gasteiger partial charge on any atom is 0.243 e. The number of hydrazone groups is 1. The van der Waals surface area contributed by atoms with Crippen LogP contribution in [0.3, 0.4) is 0 Å². The van der Waals surface area contributed by atoms with Gasteiger partial charge in [0.05, 0.1) is 6.21 Å². The SMILES string of the molecule is O=C(N/N=C\c1cccc(OCc2cccc3ccccc23)c1)[C@H]1C[C@@H]1c1ccccc1. The number of nitrogens with zero attached hydrogens (tertiary/aromatic N) is 1. The molecule has 4 aromatic carbocycles. The van der Waals surface area contributed by atoms with Crippen LogP contribution in [-0.2, 0) is 11.4 Å². The first-order chi connectivity index (χ1) is 15.8. The normalized spacial score (nSPS) is 17.4. The molecule has 5 rings (SSSR count). The molecule has 0 saturated heterocycles. The van der Waals surface area contributed by atoms with Crippen molar-refractivity contribution in [2.75, 3.05) is 0 Å². The van der Waals surface area contributed by atoms with Crippen LogP contribution in [0, 0.1) is 5.92 Å². The minimum absolute atomic E-state index is 0.00455. The Bertz CT molecular complexity index is 1260. The third kappa shape index (κ3) is 4.54. The van der Waals surface area contributed by atoms with Crippen molar-refractivity contribution in [1.82, 2.24) is 5.43 Å². The van der Waals surface area contributed by atoms with E-state index in [0.29, 0.717) is 12.5 Å². The molecule has 4 aromatic rings. The second kappa shape index (κ2) is 9.06. The number of ether oxygens (including phenoxy) is 1. The average Bonchev–Trinajstić information content (AvgIpc) is 3.65. The number of fused-ring (bicyclic) bond motifs is 1. The number of benzene rings is 4. The van der Waals surface area contributed by atoms with E-state index >= 15 is 0 Å². The third-order valence-electron chi connectivity index (χ3n) is 5.88. The molecule has 32 heavy (non-hydrogen) atoms. The lowest BCUT2D eigenvalue weighted by atomic mass is 10.1. The van der Waals surface area contributed by atoms with Crippen LogP contribution in [0.25, 0.3) is 10.8 Å². The number of carbonyl (C=O) groups excluding carboxylic acids is 1. The van der Waals surface area contributed by atoms with Gasteiger partial charge in [0.1, 0.15) is 12.4 Å². The van der Waals surface area contributed by atoms with Crippen LogP contribution < -0.4 is 10.2 Å². The molecule has 0 aromatic heterocycles. The molecule has 1 aliphatic rings. The highest BCUT2D eigenvalue weighted by Gasteiger charge is 2.43. The summed E-state index contributed by atoms with van der Waals surface area (Å²) >= 11 is 0. The molecule has 1 amide bonds. The summed E-state index contributed by atoms with van der Waals surface area (Å²) in [6.45, 7) is 0.487. The first-order valence-corrected chi connectivity index (χ1v) is 10.9. The highest BCUT2D eigenvalue weighted by molar-refractivity contribution is 5.86. The molecule has 0 spiro atoms. The zero-order valence-corrected chi connectivity index (χ0v) is 17.6. The van der Waals surface area contributed by atoms with Crippen LogP contribution in [0.2, 0.25) is 0 Å². The number of nitrogens with one attached hydrogen (secondary N) is 1. The van der Waals surface area contributed by atoms with E-state index in [1.54, 1.807) is 6.21 Å². The van der Waals surface area contributed by atoms with Crippen molar-refractivity contribution in [1.29, 1.82) is 0 Å². The minimum Gasteiger partial charge on any atom is -0.489 e. The third-order valence-corrected chi connectivity index (χ3v) is 5.88. The first kappa shape index (κ1) is 20.0. The van der Waals surface area contributed by atoms with Gasteiger partial charge < -0.3 is 4.74 Å². The number of rotatable bonds is 7. The fourth-order valence-corrected chi connectivity index (χ4v) is 4.07. The van der Waals surface area contributed by atoms with Gasteiger partial charge in [-0.1, -0.05) is 84.9 Å². The van der Waals surface area contributed by atoms with Crippen molar-refractivity contribution in [2.45, 2.75) is 18.9 Å². The van der Waals surface area contributed by atoms with Crippen LogP contribution in [-0.4, -0.2) is 12.1 Å². The predicted molar refractivity (Wildman–Crippen MR) is 128 cm³/mol. The molecule has 1 aliphatic carbocycles. The van der Waals surface area contributed by atoms with Crippen LogP contribution in [0.5, 0.6) is 5.75 Å². The molecule has 4 nitrogen and oxygen atoms in total. The van der Waals surface area contributed by atoms with Gasteiger partial charge in [-0.15, -0.1) is 0 Å². The van der Waals surface area contributed by atoms with Crippen LogP contribution >= 0.6 is 0 Å². The van der Waals surface area contributed by atoms with E-state index in [9.17, 15) is 4.79 Å². The fourth-order valence-electron chi connectivity index (χ4n) is 4.07. The Morgan fingerprint density at radius 1 is 0.938 bits per heavy atom. The summed E-state index contributed by atoms with van der Waals surface area (Å²) in [6, 6.07) is 32.4. The molecule has 2 atom stereocenters. The standard InChI is InChI=1S/C28H24N2O2/c31-28(27-17-26(27)22-9-2-1-3-10-22)30-29-18-20-8-6-14-24(16-20)32-19-23-13-7-12-21-11-4-5-15-25(21)23/h1-16,18,26-27H,17,19H2,(H,30,31)/b29-18-/t26-,27+/m1/s1. The lowest BCUT2D eigenvalue weighted by molar-refractivity contribution is -0.122. The molecule has 0 unspecified atom stereocenters. The van der Waals surface area contributed by atoms with Crippen molar-refractivity contribution < 1.29 is 9.53 Å². The number of hydrogen-bond acceptors (Lipinski definition) is 3. The van der Waals surface area contributed by atoms with Crippen molar-refractivity contribution >= 4 is 22.9 Å². The summed E-state index contributed by atoms with van der Waals surface area (Å²) in [4.78, 5) is 12.4. The smallest absolute Gasteiger partial charge is 0.243 e. The molecule has 1 saturated carbocycles. The van der Waals surface area contributed by atoms with Crippen molar-refractivity contribution in [2.24, 2.45) is 11.0 Å². The van der Waals surface area contributed by atoms with Crippen LogP contribution in [0.1, 0.15) is 29.0 Å². The summed E-state index contributed by atoms with van der Waals surface area (Å²) in [5, 5.41) is 6.55. The number of hydrogen-bond donors (Lipinski definition) is 1. The molecule has 1 N–H and O–H groups in total. The van der Waals surface area contributed by atoms with E-state index in [1.807, 2.05) is 54.6 Å². The minimum atomic E-state index is -0.0292. The Morgan fingerprint density at radius 3 is 2.62 bits per heavy atom. The summed E-state index contributed by atoms with van der Waals surface area (Å²) in [5.74, 6) is 1.04. The number of amides is 1. The molecular weight excluding hydrogens is 396 g/mol. The molecule has 158 valence electrons. The Kier molecular flexibility index (Phi) is 5.67. The predicted octanol–water partition coefficient (Wildman–Crippen LogP) is 5.67. The van der Waals surface area contributed by atoms with Gasteiger partial charge in [0.25, 0.3) is 0 Å². The van der Waals surface area contributed by atoms with E-state index in [1.165, 1.54) is 16.3 Å². The van der Waals surface area contributed by atoms with Gasteiger partial charge >= 0.3 is 0 Å². The highest BCUT2D eigenvalue weighted by Crippen LogP contribution is 2.47. The van der Waals surface area contributed by atoms with Crippen molar-refractivity contribution in [3.63, 3.8) is 0 Å².